The molecular weight excluding hydrogens is 745 g/mol. The highest BCUT2D eigenvalue weighted by Gasteiger charge is 2.36. The number of aromatic nitrogens is 3. The van der Waals surface area contributed by atoms with Crippen molar-refractivity contribution in [2.45, 2.75) is 55.7 Å². The first-order valence-corrected chi connectivity index (χ1v) is 18.2. The third kappa shape index (κ3) is 12.3. The van der Waals surface area contributed by atoms with Crippen LogP contribution in [-0.2, 0) is 40.1 Å². The molecule has 2 atom stereocenters. The van der Waals surface area contributed by atoms with E-state index in [1.807, 2.05) is 17.5 Å². The number of dihydropyridines is 1. The van der Waals surface area contributed by atoms with Gasteiger partial charge in [-0.05, 0) is 66.0 Å². The molecule has 0 aliphatic carbocycles. The normalized spacial score (nSPS) is 15.0. The summed E-state index contributed by atoms with van der Waals surface area (Å²) >= 11 is 15.0. The minimum atomic E-state index is -1.06. The molecule has 0 bridgehead atoms. The van der Waals surface area contributed by atoms with Crippen LogP contribution < -0.4 is 5.32 Å². The van der Waals surface area contributed by atoms with Crippen LogP contribution in [0.15, 0.2) is 90.2 Å². The number of aryl methyl sites for hydroxylation is 1. The fourth-order valence-corrected chi connectivity index (χ4v) is 6.56. The number of allylic oxidation sites excluding steroid dienone is 2. The molecule has 52 heavy (non-hydrogen) atoms. The van der Waals surface area contributed by atoms with Crippen molar-refractivity contribution in [3.05, 3.63) is 128 Å². The summed E-state index contributed by atoms with van der Waals surface area (Å²) < 4.78 is 6.97. The number of nitrogens with zero attached hydrogens (tertiary/aromatic N) is 2. The van der Waals surface area contributed by atoms with Crippen LogP contribution in [0, 0.1) is 4.64 Å². The summed E-state index contributed by atoms with van der Waals surface area (Å²) in [4.78, 5) is 51.4. The van der Waals surface area contributed by atoms with Crippen molar-refractivity contribution in [2.75, 3.05) is 7.11 Å². The topological polar surface area (TPSA) is 184 Å². The maximum Gasteiger partial charge on any atom is 0.340 e. The van der Waals surface area contributed by atoms with E-state index in [2.05, 4.69) is 56.8 Å². The van der Waals surface area contributed by atoms with E-state index in [0.29, 0.717) is 29.6 Å². The number of methoxy groups -OCH3 is 1. The third-order valence-electron chi connectivity index (χ3n) is 7.59. The molecule has 0 fully saturated rings. The average molecular weight is 785 g/mol. The van der Waals surface area contributed by atoms with Gasteiger partial charge in [0, 0.05) is 48.8 Å². The van der Waals surface area contributed by atoms with Gasteiger partial charge in [0.25, 0.3) is 0 Å². The van der Waals surface area contributed by atoms with Crippen LogP contribution in [0.5, 0.6) is 0 Å². The van der Waals surface area contributed by atoms with E-state index < -0.39 is 34.0 Å². The molecular formula is C36H40N4O8S4. The molecule has 1 aliphatic heterocycles. The number of thiol groups is 2. The summed E-state index contributed by atoms with van der Waals surface area (Å²) in [6.45, 7) is 2.63. The number of thiophene rings is 1. The molecule has 0 radical (unpaired) electrons. The van der Waals surface area contributed by atoms with Crippen molar-refractivity contribution in [1.82, 2.24) is 19.9 Å². The summed E-state index contributed by atoms with van der Waals surface area (Å²) in [6, 6.07) is 13.9. The number of H-pyrrole nitrogens is 1. The van der Waals surface area contributed by atoms with Gasteiger partial charge in [0.15, 0.2) is 0 Å². The van der Waals surface area contributed by atoms with Gasteiger partial charge in [0.1, 0.15) is 20.6 Å². The number of ether oxygens (including phenoxy) is 1. The fourth-order valence-electron chi connectivity index (χ4n) is 4.86. The predicted molar refractivity (Wildman–Crippen MR) is 208 cm³/mol. The Morgan fingerprint density at radius 1 is 1.08 bits per heavy atom. The van der Waals surface area contributed by atoms with Crippen molar-refractivity contribution in [1.29, 1.82) is 0 Å². The molecule has 1 aromatic carbocycles. The van der Waals surface area contributed by atoms with E-state index in [-0.39, 0.29) is 11.1 Å². The minimum absolute atomic E-state index is 0.169. The number of aromatic carboxylic acids is 1. The number of carbonyl (C=O) groups excluding carboxylic acids is 1. The maximum atomic E-state index is 11.7. The zero-order chi connectivity index (χ0) is 38.3. The number of hydrogen-bond donors (Lipinski definition) is 7. The van der Waals surface area contributed by atoms with Crippen molar-refractivity contribution in [3.8, 4) is 0 Å². The molecule has 5 N–H and O–H groups in total. The van der Waals surface area contributed by atoms with Crippen LogP contribution in [0.2, 0.25) is 0 Å². The molecule has 0 saturated heterocycles. The second-order valence-corrected chi connectivity index (χ2v) is 14.2. The van der Waals surface area contributed by atoms with Gasteiger partial charge in [-0.15, -0.1) is 24.0 Å². The Labute approximate surface area is 321 Å². The van der Waals surface area contributed by atoms with Crippen molar-refractivity contribution >= 4 is 72.7 Å². The molecule has 0 saturated carbocycles. The second kappa shape index (κ2) is 20.4. The summed E-state index contributed by atoms with van der Waals surface area (Å²) in [5.74, 6) is -2.34. The van der Waals surface area contributed by atoms with Gasteiger partial charge in [-0.25, -0.2) is 19.4 Å². The monoisotopic (exact) mass is 784 g/mol. The number of hydrogen-bond acceptors (Lipinski definition) is 11. The smallest absolute Gasteiger partial charge is 0.340 e. The number of benzene rings is 1. The van der Waals surface area contributed by atoms with Crippen LogP contribution in [0.25, 0.3) is 0 Å². The number of imidazole rings is 1. The SMILES string of the molecule is CCCCc1ncc(C[C@@]2(S)NC=CC=C2C(=O)O)n1Cc1ccc(C(=O)O)cc1.COC(=O)c1ccc[nH]c1=S.O=C(O)C(S)Cc1cccs1. The first-order valence-electron chi connectivity index (χ1n) is 15.9. The number of nitrogens with one attached hydrogen (secondary N) is 2. The van der Waals surface area contributed by atoms with Crippen molar-refractivity contribution < 1.29 is 39.2 Å². The number of esters is 1. The number of carboxylic acids is 3. The van der Waals surface area contributed by atoms with Crippen LogP contribution in [0.3, 0.4) is 0 Å². The zero-order valence-corrected chi connectivity index (χ0v) is 31.8. The molecule has 1 unspecified atom stereocenters. The van der Waals surface area contributed by atoms with E-state index in [9.17, 15) is 24.3 Å². The van der Waals surface area contributed by atoms with Gasteiger partial charge >= 0.3 is 23.9 Å². The molecule has 1 aliphatic rings. The predicted octanol–water partition coefficient (Wildman–Crippen LogP) is 6.47. The van der Waals surface area contributed by atoms with Crippen LogP contribution in [0.1, 0.15) is 62.4 Å². The molecule has 0 amide bonds. The van der Waals surface area contributed by atoms with Crippen molar-refractivity contribution in [2.24, 2.45) is 0 Å². The van der Waals surface area contributed by atoms with E-state index in [1.54, 1.807) is 78.5 Å². The molecule has 5 rings (SSSR count). The first kappa shape index (κ1) is 41.8. The Hall–Kier alpha value is -4.64. The van der Waals surface area contributed by atoms with E-state index in [4.69, 9.17) is 22.4 Å². The minimum Gasteiger partial charge on any atom is -0.480 e. The lowest BCUT2D eigenvalue weighted by molar-refractivity contribution is -0.136. The van der Waals surface area contributed by atoms with Crippen LogP contribution >= 0.6 is 48.8 Å². The molecule has 4 aromatic rings. The number of aromatic amines is 1. The Morgan fingerprint density at radius 3 is 2.38 bits per heavy atom. The highest BCUT2D eigenvalue weighted by atomic mass is 32.1. The molecule has 4 heterocycles. The lowest BCUT2D eigenvalue weighted by atomic mass is 9.98. The van der Waals surface area contributed by atoms with E-state index in [1.165, 1.54) is 7.11 Å². The number of rotatable bonds is 13. The van der Waals surface area contributed by atoms with Gasteiger partial charge in [-0.3, -0.25) is 4.79 Å². The van der Waals surface area contributed by atoms with Gasteiger partial charge < -0.3 is 34.9 Å². The Bertz CT molecular complexity index is 1940. The van der Waals surface area contributed by atoms with E-state index in [0.717, 1.165) is 41.2 Å². The fraction of sp³-hybridized carbons (Fsp3) is 0.278. The lowest BCUT2D eigenvalue weighted by Crippen LogP contribution is -2.45. The molecule has 12 nitrogen and oxygen atoms in total. The zero-order valence-electron chi connectivity index (χ0n) is 28.4. The number of carbonyl (C=O) groups is 4. The van der Waals surface area contributed by atoms with Crippen LogP contribution in [0.4, 0.5) is 0 Å². The summed E-state index contributed by atoms with van der Waals surface area (Å²) in [6.07, 6.45) is 12.0. The molecule has 0 spiro atoms. The number of carboxylic acid groups (broad SMARTS) is 3. The van der Waals surface area contributed by atoms with Gasteiger partial charge in [-0.2, -0.15) is 12.6 Å². The Balaban J connectivity index is 0.000000269. The van der Waals surface area contributed by atoms with Gasteiger partial charge in [-0.1, -0.05) is 43.8 Å². The quantitative estimate of drug-likeness (QED) is 0.0448. The second-order valence-electron chi connectivity index (χ2n) is 11.3. The maximum absolute atomic E-state index is 11.7. The summed E-state index contributed by atoms with van der Waals surface area (Å²) in [7, 11) is 1.32. The number of unbranched alkanes of at least 4 members (excludes halogenated alkanes) is 1. The van der Waals surface area contributed by atoms with Gasteiger partial charge in [0.2, 0.25) is 0 Å². The van der Waals surface area contributed by atoms with E-state index >= 15 is 0 Å². The number of pyridine rings is 1. The largest absolute Gasteiger partial charge is 0.480 e. The average Bonchev–Trinajstić information content (AvgIpc) is 3.77. The highest BCUT2D eigenvalue weighted by Crippen LogP contribution is 2.30. The Kier molecular flexibility index (Phi) is 16.4. The highest BCUT2D eigenvalue weighted by molar-refractivity contribution is 7.82. The Morgan fingerprint density at radius 2 is 1.81 bits per heavy atom. The first-order chi connectivity index (χ1) is 24.8. The van der Waals surface area contributed by atoms with Crippen molar-refractivity contribution in [3.63, 3.8) is 0 Å². The molecule has 3 aromatic heterocycles. The third-order valence-corrected chi connectivity index (χ3v) is 9.76. The standard InChI is InChI=1S/C22H25N3O4S.C7H7NO2S.C7H8O2S2/c1-2-3-6-19-23-13-17(12-22(30)18(21(28)29)5-4-11-24-22)25(19)14-15-7-9-16(10-8-15)20(26)27;1-10-7(9)5-3-2-4-8-6(5)11;8-7(9)6(10)4-5-2-1-3-11-5/h4-5,7-11,13,24,30H,2-3,6,12,14H2,1H3,(H,26,27)(H,28,29);2-4H,1H3,(H,8,11);1-3,6,10H,4H2,(H,8,9)/t22-;;/m0../s1. The summed E-state index contributed by atoms with van der Waals surface area (Å²) in [5.41, 5.74) is 2.59. The molecule has 276 valence electrons. The summed E-state index contributed by atoms with van der Waals surface area (Å²) in [5, 5.41) is 31.6. The molecule has 16 heteroatoms. The number of aliphatic carboxylic acids is 2. The van der Waals surface area contributed by atoms with Crippen LogP contribution in [-0.4, -0.2) is 71.0 Å². The van der Waals surface area contributed by atoms with Gasteiger partial charge in [0.05, 0.1) is 23.8 Å². The lowest BCUT2D eigenvalue weighted by Gasteiger charge is -2.32.